The largest absolute Gasteiger partial charge is 0.497 e. The molecule has 0 radical (unpaired) electrons. The summed E-state index contributed by atoms with van der Waals surface area (Å²) in [5.41, 5.74) is 13.1. The lowest BCUT2D eigenvalue weighted by Gasteiger charge is -2.15. The van der Waals surface area contributed by atoms with Crippen LogP contribution in [0.25, 0.3) is 0 Å². The van der Waals surface area contributed by atoms with Gasteiger partial charge in [0.15, 0.2) is 0 Å². The smallest absolute Gasteiger partial charge is 0.121 e. The van der Waals surface area contributed by atoms with Crippen LogP contribution in [-0.2, 0) is 4.74 Å². The minimum Gasteiger partial charge on any atom is -0.497 e. The van der Waals surface area contributed by atoms with Crippen LogP contribution < -0.4 is 21.3 Å². The average Bonchev–Trinajstić information content (AvgIpc) is 2.27. The molecule has 0 saturated carbocycles. The van der Waals surface area contributed by atoms with E-state index in [9.17, 15) is 0 Å². The van der Waals surface area contributed by atoms with Crippen LogP contribution in [0.2, 0.25) is 0 Å². The number of hydrogen-bond acceptors (Lipinski definition) is 5. The Balaban J connectivity index is 2.66. The van der Waals surface area contributed by atoms with Crippen LogP contribution in [-0.4, -0.2) is 20.4 Å². The van der Waals surface area contributed by atoms with E-state index < -0.39 is 0 Å². The highest BCUT2D eigenvalue weighted by molar-refractivity contribution is 5.67. The van der Waals surface area contributed by atoms with Crippen LogP contribution in [0.5, 0.6) is 5.75 Å². The first-order valence-electron chi connectivity index (χ1n) is 4.65. The van der Waals surface area contributed by atoms with Gasteiger partial charge in [-0.05, 0) is 19.1 Å². The summed E-state index contributed by atoms with van der Waals surface area (Å²) in [6.07, 6.45) is -0.101. The first kappa shape index (κ1) is 11.6. The maximum Gasteiger partial charge on any atom is 0.121 e. The van der Waals surface area contributed by atoms with Gasteiger partial charge in [-0.25, -0.2) is 5.43 Å². The highest BCUT2D eigenvalue weighted by atomic mass is 16.5. The van der Waals surface area contributed by atoms with Crippen LogP contribution in [0.15, 0.2) is 18.2 Å². The van der Waals surface area contributed by atoms with Gasteiger partial charge >= 0.3 is 0 Å². The topological polar surface area (TPSA) is 68.5 Å². The number of nitrogens with two attached hydrogens (primary N) is 1. The minimum atomic E-state index is -0.101. The normalized spacial score (nSPS) is 12.2. The van der Waals surface area contributed by atoms with Crippen molar-refractivity contribution >= 4 is 11.4 Å². The van der Waals surface area contributed by atoms with Gasteiger partial charge in [-0.1, -0.05) is 0 Å². The average molecular weight is 211 g/mol. The number of rotatable bonds is 5. The van der Waals surface area contributed by atoms with E-state index in [1.807, 2.05) is 13.0 Å². The fraction of sp³-hybridized carbons (Fsp3) is 0.400. The highest BCUT2D eigenvalue weighted by Gasteiger charge is 2.02. The lowest BCUT2D eigenvalue weighted by atomic mass is 10.2. The second-order valence-corrected chi connectivity index (χ2v) is 3.10. The Labute approximate surface area is 89.5 Å². The molecule has 0 aromatic heterocycles. The minimum absolute atomic E-state index is 0.101. The van der Waals surface area contributed by atoms with Crippen molar-refractivity contribution in [3.63, 3.8) is 0 Å². The summed E-state index contributed by atoms with van der Waals surface area (Å²) in [4.78, 5) is 0. The lowest BCUT2D eigenvalue weighted by molar-refractivity contribution is 0.0962. The summed E-state index contributed by atoms with van der Waals surface area (Å²) in [6, 6.07) is 5.39. The Hall–Kier alpha value is -1.46. The van der Waals surface area contributed by atoms with Gasteiger partial charge < -0.3 is 20.6 Å². The summed E-state index contributed by atoms with van der Waals surface area (Å²) in [7, 11) is 3.23. The standard InChI is InChI=1S/C10H17N3O2/c1-7(14-2)12-13-10-6-8(15-3)4-5-9(10)11/h4-7,12-13H,11H2,1-3H3. The Morgan fingerprint density at radius 1 is 1.33 bits per heavy atom. The predicted octanol–water partition coefficient (Wildman–Crippen LogP) is 1.19. The molecule has 0 saturated heterocycles. The third kappa shape index (κ3) is 3.30. The molecular weight excluding hydrogens is 194 g/mol. The Morgan fingerprint density at radius 2 is 2.07 bits per heavy atom. The number of benzene rings is 1. The third-order valence-corrected chi connectivity index (χ3v) is 2.02. The van der Waals surface area contributed by atoms with Crippen molar-refractivity contribution in [1.29, 1.82) is 0 Å². The monoisotopic (exact) mass is 211 g/mol. The van der Waals surface area contributed by atoms with Crippen molar-refractivity contribution in [3.05, 3.63) is 18.2 Å². The van der Waals surface area contributed by atoms with Gasteiger partial charge in [0.05, 0.1) is 18.5 Å². The summed E-state index contributed by atoms with van der Waals surface area (Å²) < 4.78 is 10.1. The van der Waals surface area contributed by atoms with Crippen molar-refractivity contribution < 1.29 is 9.47 Å². The molecule has 0 aliphatic heterocycles. The van der Waals surface area contributed by atoms with E-state index in [4.69, 9.17) is 15.2 Å². The molecule has 0 amide bonds. The van der Waals surface area contributed by atoms with Crippen molar-refractivity contribution in [2.45, 2.75) is 13.2 Å². The lowest BCUT2D eigenvalue weighted by Crippen LogP contribution is -2.33. The third-order valence-electron chi connectivity index (χ3n) is 2.02. The molecule has 4 N–H and O–H groups in total. The van der Waals surface area contributed by atoms with Crippen molar-refractivity contribution in [1.82, 2.24) is 5.43 Å². The van der Waals surface area contributed by atoms with Gasteiger partial charge in [0.25, 0.3) is 0 Å². The number of ether oxygens (including phenoxy) is 2. The molecule has 84 valence electrons. The molecule has 1 unspecified atom stereocenters. The van der Waals surface area contributed by atoms with Crippen LogP contribution in [0.1, 0.15) is 6.92 Å². The molecule has 1 aromatic rings. The molecule has 0 bridgehead atoms. The maximum absolute atomic E-state index is 5.77. The Kier molecular flexibility index (Phi) is 4.20. The number of nitrogen functional groups attached to an aromatic ring is 1. The fourth-order valence-electron chi connectivity index (χ4n) is 1.01. The molecule has 5 nitrogen and oxygen atoms in total. The van der Waals surface area contributed by atoms with Gasteiger partial charge in [0, 0.05) is 13.2 Å². The van der Waals surface area contributed by atoms with Crippen LogP contribution in [0, 0.1) is 0 Å². The highest BCUT2D eigenvalue weighted by Crippen LogP contribution is 2.23. The van der Waals surface area contributed by atoms with E-state index in [1.54, 1.807) is 26.4 Å². The quantitative estimate of drug-likeness (QED) is 0.388. The van der Waals surface area contributed by atoms with E-state index in [2.05, 4.69) is 10.9 Å². The molecule has 1 rings (SSSR count). The van der Waals surface area contributed by atoms with E-state index in [0.717, 1.165) is 11.4 Å². The number of methoxy groups -OCH3 is 2. The number of anilines is 2. The van der Waals surface area contributed by atoms with E-state index in [-0.39, 0.29) is 6.23 Å². The fourth-order valence-corrected chi connectivity index (χ4v) is 1.01. The molecule has 0 aliphatic rings. The van der Waals surface area contributed by atoms with Crippen molar-refractivity contribution in [2.24, 2.45) is 0 Å². The summed E-state index contributed by atoms with van der Waals surface area (Å²) >= 11 is 0. The molecule has 5 heteroatoms. The molecule has 1 atom stereocenters. The van der Waals surface area contributed by atoms with Gasteiger partial charge in [0.2, 0.25) is 0 Å². The van der Waals surface area contributed by atoms with Gasteiger partial charge in [-0.3, -0.25) is 0 Å². The summed E-state index contributed by atoms with van der Waals surface area (Å²) in [6.45, 7) is 1.88. The van der Waals surface area contributed by atoms with Crippen LogP contribution in [0.4, 0.5) is 11.4 Å². The maximum atomic E-state index is 5.77. The van der Waals surface area contributed by atoms with E-state index in [1.165, 1.54) is 0 Å². The Bertz CT molecular complexity index is 318. The SMILES string of the molecule is COc1ccc(N)c(NNC(C)OC)c1. The zero-order chi connectivity index (χ0) is 11.3. The predicted molar refractivity (Wildman–Crippen MR) is 60.6 cm³/mol. The number of hydrogen-bond donors (Lipinski definition) is 3. The first-order chi connectivity index (χ1) is 7.17. The molecule has 0 aliphatic carbocycles. The van der Waals surface area contributed by atoms with E-state index in [0.29, 0.717) is 5.69 Å². The molecule has 0 spiro atoms. The van der Waals surface area contributed by atoms with Gasteiger partial charge in [0.1, 0.15) is 12.0 Å². The van der Waals surface area contributed by atoms with Gasteiger partial charge in [-0.15, -0.1) is 0 Å². The summed E-state index contributed by atoms with van der Waals surface area (Å²) in [5, 5.41) is 0. The zero-order valence-electron chi connectivity index (χ0n) is 9.20. The first-order valence-corrected chi connectivity index (χ1v) is 4.65. The molecular formula is C10H17N3O2. The zero-order valence-corrected chi connectivity index (χ0v) is 9.20. The molecule has 1 aromatic carbocycles. The summed E-state index contributed by atoms with van der Waals surface area (Å²) in [5.74, 6) is 0.749. The molecule has 0 fully saturated rings. The van der Waals surface area contributed by atoms with Crippen molar-refractivity contribution in [2.75, 3.05) is 25.4 Å². The number of hydrazine groups is 1. The van der Waals surface area contributed by atoms with Crippen molar-refractivity contribution in [3.8, 4) is 5.75 Å². The Morgan fingerprint density at radius 3 is 2.67 bits per heavy atom. The molecule has 0 heterocycles. The second-order valence-electron chi connectivity index (χ2n) is 3.10. The molecule has 15 heavy (non-hydrogen) atoms. The number of nitrogens with one attached hydrogen (secondary N) is 2. The van der Waals surface area contributed by atoms with Crippen LogP contribution in [0.3, 0.4) is 0 Å². The van der Waals surface area contributed by atoms with E-state index >= 15 is 0 Å². The van der Waals surface area contributed by atoms with Gasteiger partial charge in [-0.2, -0.15) is 0 Å². The second kappa shape index (κ2) is 5.43. The van der Waals surface area contributed by atoms with Crippen LogP contribution >= 0.6 is 0 Å².